The normalized spacial score (nSPS) is 24.5. The van der Waals surface area contributed by atoms with Crippen LogP contribution in [0.3, 0.4) is 0 Å². The van der Waals surface area contributed by atoms with Crippen LogP contribution in [-0.4, -0.2) is 103 Å². The van der Waals surface area contributed by atoms with Gasteiger partial charge in [-0.15, -0.1) is 0 Å². The smallest absolute Gasteiger partial charge is 0.325 e. The van der Waals surface area contributed by atoms with E-state index in [4.69, 9.17) is 9.73 Å². The summed E-state index contributed by atoms with van der Waals surface area (Å²) in [6.07, 6.45) is -0.557. The molecule has 4 rings (SSSR count). The average molecular weight is 414 g/mol. The van der Waals surface area contributed by atoms with Gasteiger partial charge in [-0.2, -0.15) is 0 Å². The zero-order chi connectivity index (χ0) is 21.3. The number of rotatable bonds is 4. The van der Waals surface area contributed by atoms with Gasteiger partial charge >= 0.3 is 12.0 Å². The lowest BCUT2D eigenvalue weighted by molar-refractivity contribution is -0.142. The van der Waals surface area contributed by atoms with E-state index in [9.17, 15) is 14.4 Å². The van der Waals surface area contributed by atoms with E-state index in [0.29, 0.717) is 38.7 Å². The Bertz CT molecular complexity index is 852. The third-order valence-electron chi connectivity index (χ3n) is 5.77. The maximum absolute atomic E-state index is 12.7. The van der Waals surface area contributed by atoms with Crippen molar-refractivity contribution in [3.63, 3.8) is 0 Å². The van der Waals surface area contributed by atoms with Gasteiger partial charge in [0.1, 0.15) is 0 Å². The fourth-order valence-corrected chi connectivity index (χ4v) is 4.08. The molecule has 1 aromatic carbocycles. The number of ether oxygens (including phenoxy) is 1. The van der Waals surface area contributed by atoms with Crippen molar-refractivity contribution in [1.82, 2.24) is 24.9 Å². The third-order valence-corrected chi connectivity index (χ3v) is 5.77. The first-order valence-corrected chi connectivity index (χ1v) is 9.98. The molecule has 0 spiro atoms. The minimum Gasteiger partial charge on any atom is -0.468 e. The molecule has 0 aromatic heterocycles. The number of carbonyl (C=O) groups is 3. The molecule has 1 N–H and O–H groups in total. The molecule has 2 saturated heterocycles. The highest BCUT2D eigenvalue weighted by atomic mass is 16.5. The van der Waals surface area contributed by atoms with Crippen LogP contribution in [0.5, 0.6) is 0 Å². The number of imide groups is 1. The number of nitrogens with zero attached hydrogens (tertiary/aromatic N) is 5. The fraction of sp³-hybridized carbons (Fsp3) is 0.500. The number of benzene rings is 1. The second-order valence-corrected chi connectivity index (χ2v) is 7.65. The summed E-state index contributed by atoms with van der Waals surface area (Å²) in [6, 6.07) is 8.88. The zero-order valence-corrected chi connectivity index (χ0v) is 17.2. The Morgan fingerprint density at radius 3 is 2.53 bits per heavy atom. The van der Waals surface area contributed by atoms with Crippen molar-refractivity contribution < 1.29 is 19.1 Å². The molecule has 10 nitrogen and oxygen atoms in total. The molecule has 3 amide bonds. The van der Waals surface area contributed by atoms with Crippen LogP contribution in [0.25, 0.3) is 0 Å². The monoisotopic (exact) mass is 414 g/mol. The summed E-state index contributed by atoms with van der Waals surface area (Å²) >= 11 is 0. The summed E-state index contributed by atoms with van der Waals surface area (Å²) in [5.74, 6) is 0.126. The van der Waals surface area contributed by atoms with Gasteiger partial charge in [0.25, 0.3) is 5.91 Å². The molecule has 2 atom stereocenters. The summed E-state index contributed by atoms with van der Waals surface area (Å²) in [4.78, 5) is 48.8. The Balaban J connectivity index is 1.55. The largest absolute Gasteiger partial charge is 0.468 e. The Hall–Kier alpha value is -3.14. The summed E-state index contributed by atoms with van der Waals surface area (Å²) in [5.41, 5.74) is 1.06. The Morgan fingerprint density at radius 2 is 1.87 bits per heavy atom. The van der Waals surface area contributed by atoms with Gasteiger partial charge in [0.15, 0.2) is 18.2 Å². The molecule has 1 aromatic rings. The molecular formula is C20H26N6O4. The first kappa shape index (κ1) is 20.1. The standard InChI is InChI=1S/C20H26N6O4/c1-23-17-16(18(28)22-20(23)29)26(12-14-6-4-3-5-7-14)19(21-17)25-10-8-24(9-11-25)13-15(27)30-2/h3-7,16-17H,8-13H2,1-2H3,(H,22,28,29). The summed E-state index contributed by atoms with van der Waals surface area (Å²) in [5, 5.41) is 2.43. The molecule has 3 aliphatic rings. The number of hydrogen-bond acceptors (Lipinski definition) is 8. The van der Waals surface area contributed by atoms with Gasteiger partial charge in [-0.1, -0.05) is 30.3 Å². The third kappa shape index (κ3) is 3.82. The van der Waals surface area contributed by atoms with Gasteiger partial charge in [-0.3, -0.25) is 19.8 Å². The second-order valence-electron chi connectivity index (χ2n) is 7.65. The molecule has 2 fully saturated rings. The van der Waals surface area contributed by atoms with Crippen molar-refractivity contribution in [3.05, 3.63) is 35.9 Å². The summed E-state index contributed by atoms with van der Waals surface area (Å²) in [7, 11) is 3.04. The minimum atomic E-state index is -0.573. The molecule has 0 bridgehead atoms. The van der Waals surface area contributed by atoms with E-state index in [1.54, 1.807) is 7.05 Å². The molecule has 0 saturated carbocycles. The van der Waals surface area contributed by atoms with Crippen LogP contribution in [0.2, 0.25) is 0 Å². The molecule has 10 heteroatoms. The van der Waals surface area contributed by atoms with Crippen molar-refractivity contribution >= 4 is 23.9 Å². The molecule has 160 valence electrons. The van der Waals surface area contributed by atoms with Crippen molar-refractivity contribution in [2.75, 3.05) is 46.9 Å². The van der Waals surface area contributed by atoms with E-state index >= 15 is 0 Å². The lowest BCUT2D eigenvalue weighted by Crippen LogP contribution is -2.64. The van der Waals surface area contributed by atoms with Gasteiger partial charge in [0.05, 0.1) is 13.7 Å². The lowest BCUT2D eigenvalue weighted by atomic mass is 10.1. The van der Waals surface area contributed by atoms with Gasteiger partial charge in [-0.05, 0) is 5.56 Å². The van der Waals surface area contributed by atoms with Crippen LogP contribution in [-0.2, 0) is 20.9 Å². The summed E-state index contributed by atoms with van der Waals surface area (Å²) < 4.78 is 4.75. The van der Waals surface area contributed by atoms with Crippen LogP contribution >= 0.6 is 0 Å². The Morgan fingerprint density at radius 1 is 1.17 bits per heavy atom. The van der Waals surface area contributed by atoms with E-state index < -0.39 is 18.2 Å². The number of aliphatic imine (C=N–C) groups is 1. The number of carbonyl (C=O) groups excluding carboxylic acids is 3. The van der Waals surface area contributed by atoms with E-state index in [2.05, 4.69) is 10.2 Å². The number of hydrogen-bond donors (Lipinski definition) is 1. The van der Waals surface area contributed by atoms with Gasteiger partial charge in [0, 0.05) is 39.8 Å². The SMILES string of the molecule is COC(=O)CN1CCN(C2=NC3C(C(=O)NC(=O)N3C)N2Cc2ccccc2)CC1. The highest BCUT2D eigenvalue weighted by Crippen LogP contribution is 2.27. The molecule has 2 unspecified atom stereocenters. The van der Waals surface area contributed by atoms with Crippen LogP contribution in [0, 0.1) is 0 Å². The number of methoxy groups -OCH3 is 1. The van der Waals surface area contributed by atoms with Crippen LogP contribution in [0.1, 0.15) is 5.56 Å². The first-order valence-electron chi connectivity index (χ1n) is 9.98. The van der Waals surface area contributed by atoms with Crippen LogP contribution in [0.4, 0.5) is 4.79 Å². The van der Waals surface area contributed by atoms with Crippen molar-refractivity contribution in [2.45, 2.75) is 18.8 Å². The molecule has 3 heterocycles. The molecule has 30 heavy (non-hydrogen) atoms. The number of fused-ring (bicyclic) bond motifs is 1. The molecular weight excluding hydrogens is 388 g/mol. The molecule has 3 aliphatic heterocycles. The number of guanidine groups is 1. The van der Waals surface area contributed by atoms with Crippen LogP contribution in [0.15, 0.2) is 35.3 Å². The molecule has 0 radical (unpaired) electrons. The zero-order valence-electron chi connectivity index (χ0n) is 17.2. The Kier molecular flexibility index (Phi) is 5.58. The predicted molar refractivity (Wildman–Crippen MR) is 108 cm³/mol. The summed E-state index contributed by atoms with van der Waals surface area (Å²) in [6.45, 7) is 3.47. The number of amides is 3. The quantitative estimate of drug-likeness (QED) is 0.665. The van der Waals surface area contributed by atoms with Gasteiger partial charge in [-0.25, -0.2) is 9.79 Å². The topological polar surface area (TPSA) is 97.8 Å². The number of esters is 1. The number of urea groups is 1. The molecule has 0 aliphatic carbocycles. The van der Waals surface area contributed by atoms with E-state index in [1.807, 2.05) is 40.1 Å². The van der Waals surface area contributed by atoms with Crippen molar-refractivity contribution in [1.29, 1.82) is 0 Å². The maximum Gasteiger partial charge on any atom is 0.325 e. The van der Waals surface area contributed by atoms with E-state index in [1.165, 1.54) is 12.0 Å². The predicted octanol–water partition coefficient (Wildman–Crippen LogP) is -0.475. The number of piperazine rings is 1. The maximum atomic E-state index is 12.7. The van der Waals surface area contributed by atoms with Crippen molar-refractivity contribution in [3.8, 4) is 0 Å². The van der Waals surface area contributed by atoms with Crippen molar-refractivity contribution in [2.24, 2.45) is 4.99 Å². The van der Waals surface area contributed by atoms with Gasteiger partial charge in [0.2, 0.25) is 0 Å². The first-order chi connectivity index (χ1) is 14.5. The Labute approximate surface area is 175 Å². The van der Waals surface area contributed by atoms with Crippen LogP contribution < -0.4 is 5.32 Å². The lowest BCUT2D eigenvalue weighted by Gasteiger charge is -2.40. The number of nitrogens with one attached hydrogen (secondary N) is 1. The minimum absolute atomic E-state index is 0.254. The highest BCUT2D eigenvalue weighted by molar-refractivity contribution is 6.03. The average Bonchev–Trinajstić information content (AvgIpc) is 3.13. The second kappa shape index (κ2) is 8.31. The highest BCUT2D eigenvalue weighted by Gasteiger charge is 2.49. The van der Waals surface area contributed by atoms with E-state index in [-0.39, 0.29) is 18.4 Å². The van der Waals surface area contributed by atoms with E-state index in [0.717, 1.165) is 5.56 Å². The fourth-order valence-electron chi connectivity index (χ4n) is 4.08. The number of likely N-dealkylation sites (N-methyl/N-ethyl adjacent to an activating group) is 1. The van der Waals surface area contributed by atoms with Gasteiger partial charge < -0.3 is 19.4 Å².